The largest absolute Gasteiger partial charge is 0.493 e. The molecule has 1 unspecified atom stereocenters. The topological polar surface area (TPSA) is 65.1 Å². The quantitative estimate of drug-likeness (QED) is 0.766. The van der Waals surface area contributed by atoms with Crippen LogP contribution in [0.3, 0.4) is 0 Å². The summed E-state index contributed by atoms with van der Waals surface area (Å²) in [5.74, 6) is 0.738. The van der Waals surface area contributed by atoms with Gasteiger partial charge in [-0.05, 0) is 26.8 Å². The number of aldehydes is 1. The van der Waals surface area contributed by atoms with Gasteiger partial charge in [-0.15, -0.1) is 0 Å². The molecule has 0 fully saturated rings. The molecule has 0 radical (unpaired) electrons. The van der Waals surface area contributed by atoms with Gasteiger partial charge < -0.3 is 19.0 Å². The first-order valence-electron chi connectivity index (χ1n) is 6.97. The molecule has 0 saturated heterocycles. The van der Waals surface area contributed by atoms with E-state index >= 15 is 0 Å². The van der Waals surface area contributed by atoms with E-state index in [1.807, 2.05) is 0 Å². The van der Waals surface area contributed by atoms with Gasteiger partial charge >= 0.3 is 6.09 Å². The highest BCUT2D eigenvalue weighted by atomic mass is 35.5. The van der Waals surface area contributed by atoms with Crippen LogP contribution in [0, 0.1) is 0 Å². The Bertz CT molecular complexity index is 583. The van der Waals surface area contributed by atoms with Gasteiger partial charge in [0.25, 0.3) is 0 Å². The van der Waals surface area contributed by atoms with Gasteiger partial charge in [0.05, 0.1) is 19.2 Å². The SMILES string of the molecule is COc1ccc(C(C=O)N(C)C(=O)OC(C)(C)C)c(Cl)c1OC. The van der Waals surface area contributed by atoms with Crippen LogP contribution in [0.25, 0.3) is 0 Å². The number of hydrogen-bond acceptors (Lipinski definition) is 5. The van der Waals surface area contributed by atoms with Crippen molar-refractivity contribution in [1.82, 2.24) is 4.90 Å². The maximum atomic E-state index is 12.2. The van der Waals surface area contributed by atoms with E-state index in [-0.39, 0.29) is 5.02 Å². The summed E-state index contributed by atoms with van der Waals surface area (Å²) >= 11 is 6.31. The van der Waals surface area contributed by atoms with Crippen LogP contribution < -0.4 is 9.47 Å². The molecule has 0 bridgehead atoms. The smallest absolute Gasteiger partial charge is 0.410 e. The van der Waals surface area contributed by atoms with Crippen LogP contribution in [-0.4, -0.2) is 44.1 Å². The average Bonchev–Trinajstić information content (AvgIpc) is 2.47. The second-order valence-electron chi connectivity index (χ2n) is 5.88. The number of likely N-dealkylation sites (N-methyl/N-ethyl adjacent to an activating group) is 1. The molecule has 0 aliphatic carbocycles. The summed E-state index contributed by atoms with van der Waals surface area (Å²) in [5.41, 5.74) is -0.243. The molecule has 0 aliphatic rings. The molecule has 1 aromatic carbocycles. The molecule has 7 heteroatoms. The molecule has 1 amide bonds. The standard InChI is InChI=1S/C16H22ClNO5/c1-16(2,3)23-15(20)18(4)11(9-19)10-7-8-12(21-5)14(22-6)13(10)17/h7-9,11H,1-6H3. The summed E-state index contributed by atoms with van der Waals surface area (Å²) in [4.78, 5) is 24.9. The van der Waals surface area contributed by atoms with Crippen LogP contribution in [0.4, 0.5) is 4.79 Å². The minimum Gasteiger partial charge on any atom is -0.493 e. The molecule has 0 N–H and O–H groups in total. The molecule has 1 atom stereocenters. The lowest BCUT2D eigenvalue weighted by molar-refractivity contribution is -0.112. The van der Waals surface area contributed by atoms with E-state index in [1.165, 1.54) is 26.2 Å². The highest BCUT2D eigenvalue weighted by Gasteiger charge is 2.29. The highest BCUT2D eigenvalue weighted by molar-refractivity contribution is 6.33. The summed E-state index contributed by atoms with van der Waals surface area (Å²) in [7, 11) is 4.40. The first-order chi connectivity index (χ1) is 10.7. The number of methoxy groups -OCH3 is 2. The van der Waals surface area contributed by atoms with Crippen LogP contribution in [0.2, 0.25) is 5.02 Å². The fourth-order valence-electron chi connectivity index (χ4n) is 1.95. The van der Waals surface area contributed by atoms with Crippen molar-refractivity contribution in [3.63, 3.8) is 0 Å². The Morgan fingerprint density at radius 2 is 1.87 bits per heavy atom. The Kier molecular flexibility index (Phi) is 6.27. The van der Waals surface area contributed by atoms with E-state index < -0.39 is 17.7 Å². The number of rotatable bonds is 5. The maximum Gasteiger partial charge on any atom is 0.410 e. The predicted octanol–water partition coefficient (Wildman–Crippen LogP) is 3.46. The summed E-state index contributed by atoms with van der Waals surface area (Å²) in [6, 6.07) is 2.33. The molecule has 0 saturated carbocycles. The lowest BCUT2D eigenvalue weighted by Gasteiger charge is -2.29. The van der Waals surface area contributed by atoms with Gasteiger partial charge in [-0.2, -0.15) is 0 Å². The Hall–Kier alpha value is -1.95. The molecule has 23 heavy (non-hydrogen) atoms. The molecule has 1 aromatic rings. The van der Waals surface area contributed by atoms with Gasteiger partial charge in [0, 0.05) is 12.6 Å². The van der Waals surface area contributed by atoms with Crippen LogP contribution in [0.5, 0.6) is 11.5 Å². The molecular formula is C16H22ClNO5. The van der Waals surface area contributed by atoms with Crippen molar-refractivity contribution < 1.29 is 23.8 Å². The van der Waals surface area contributed by atoms with E-state index in [4.69, 9.17) is 25.8 Å². The lowest BCUT2D eigenvalue weighted by atomic mass is 10.1. The third-order valence-corrected chi connectivity index (χ3v) is 3.45. The van der Waals surface area contributed by atoms with Gasteiger partial charge in [-0.3, -0.25) is 4.90 Å². The fourth-order valence-corrected chi connectivity index (χ4v) is 2.30. The molecular weight excluding hydrogens is 322 g/mol. The Labute approximate surface area is 141 Å². The minimum atomic E-state index is -0.905. The number of halogens is 1. The van der Waals surface area contributed by atoms with E-state index in [2.05, 4.69) is 0 Å². The third kappa shape index (κ3) is 4.51. The molecule has 1 rings (SSSR count). The first kappa shape index (κ1) is 19.1. The molecule has 0 aromatic heterocycles. The van der Waals surface area contributed by atoms with Crippen LogP contribution >= 0.6 is 11.6 Å². The maximum absolute atomic E-state index is 12.2. The zero-order chi connectivity index (χ0) is 17.8. The second kappa shape index (κ2) is 7.55. The molecule has 0 heterocycles. The van der Waals surface area contributed by atoms with E-state index in [0.717, 1.165) is 0 Å². The average molecular weight is 344 g/mol. The van der Waals surface area contributed by atoms with Crippen molar-refractivity contribution in [2.24, 2.45) is 0 Å². The number of ether oxygens (including phenoxy) is 3. The van der Waals surface area contributed by atoms with Crippen LogP contribution in [0.1, 0.15) is 32.4 Å². The van der Waals surface area contributed by atoms with Gasteiger partial charge in [0.15, 0.2) is 11.5 Å². The lowest BCUT2D eigenvalue weighted by Crippen LogP contribution is -2.37. The van der Waals surface area contributed by atoms with Crippen molar-refractivity contribution in [2.75, 3.05) is 21.3 Å². The zero-order valence-electron chi connectivity index (χ0n) is 14.2. The molecule has 0 aliphatic heterocycles. The normalized spacial score (nSPS) is 12.3. The van der Waals surface area contributed by atoms with Gasteiger partial charge in [-0.1, -0.05) is 17.7 Å². The van der Waals surface area contributed by atoms with Gasteiger partial charge in [-0.25, -0.2) is 4.79 Å². The van der Waals surface area contributed by atoms with Crippen LogP contribution in [-0.2, 0) is 9.53 Å². The number of nitrogens with zero attached hydrogens (tertiary/aromatic N) is 1. The number of benzene rings is 1. The van der Waals surface area contributed by atoms with E-state index in [1.54, 1.807) is 32.9 Å². The minimum absolute atomic E-state index is 0.208. The molecule has 0 spiro atoms. The third-order valence-electron chi connectivity index (χ3n) is 3.06. The number of hydrogen-bond donors (Lipinski definition) is 0. The predicted molar refractivity (Wildman–Crippen MR) is 87.4 cm³/mol. The van der Waals surface area contributed by atoms with Gasteiger partial charge in [0.2, 0.25) is 0 Å². The van der Waals surface area contributed by atoms with E-state index in [9.17, 15) is 9.59 Å². The summed E-state index contributed by atoms with van der Waals surface area (Å²) in [5, 5.41) is 0.208. The van der Waals surface area contributed by atoms with Crippen molar-refractivity contribution in [1.29, 1.82) is 0 Å². The Balaban J connectivity index is 3.20. The number of amides is 1. The van der Waals surface area contributed by atoms with E-state index in [0.29, 0.717) is 23.3 Å². The first-order valence-corrected chi connectivity index (χ1v) is 7.35. The van der Waals surface area contributed by atoms with Crippen molar-refractivity contribution in [2.45, 2.75) is 32.4 Å². The van der Waals surface area contributed by atoms with Crippen molar-refractivity contribution >= 4 is 24.0 Å². The number of carbonyl (C=O) groups is 2. The van der Waals surface area contributed by atoms with Crippen molar-refractivity contribution in [3.05, 3.63) is 22.7 Å². The summed E-state index contributed by atoms with van der Waals surface area (Å²) < 4.78 is 15.6. The summed E-state index contributed by atoms with van der Waals surface area (Å²) in [6.45, 7) is 5.24. The Morgan fingerprint density at radius 1 is 1.26 bits per heavy atom. The Morgan fingerprint density at radius 3 is 2.30 bits per heavy atom. The van der Waals surface area contributed by atoms with Gasteiger partial charge in [0.1, 0.15) is 17.9 Å². The number of carbonyl (C=O) groups excluding carboxylic acids is 2. The van der Waals surface area contributed by atoms with Crippen LogP contribution in [0.15, 0.2) is 12.1 Å². The van der Waals surface area contributed by atoms with Crippen molar-refractivity contribution in [3.8, 4) is 11.5 Å². The fraction of sp³-hybridized carbons (Fsp3) is 0.500. The molecule has 128 valence electrons. The summed E-state index contributed by atoms with van der Waals surface area (Å²) in [6.07, 6.45) is -0.00251. The molecule has 6 nitrogen and oxygen atoms in total. The highest BCUT2D eigenvalue weighted by Crippen LogP contribution is 2.40. The monoisotopic (exact) mass is 343 g/mol. The second-order valence-corrected chi connectivity index (χ2v) is 6.25. The zero-order valence-corrected chi connectivity index (χ0v) is 14.9.